The highest BCUT2D eigenvalue weighted by molar-refractivity contribution is 5.61. The molecule has 1 aromatic heterocycles. The van der Waals surface area contributed by atoms with Crippen LogP contribution in [0.25, 0.3) is 11.3 Å². The largest absolute Gasteiger partial charge is 0.316 e. The molecule has 1 aromatic carbocycles. The van der Waals surface area contributed by atoms with Gasteiger partial charge in [0, 0.05) is 18.3 Å². The smallest absolute Gasteiger partial charge is 0.0705 e. The van der Waals surface area contributed by atoms with E-state index in [0.717, 1.165) is 12.2 Å². The minimum absolute atomic E-state index is 0.875. The molecular formula is C15H18N2. The third-order valence-corrected chi connectivity index (χ3v) is 3.01. The molecule has 0 aliphatic carbocycles. The highest BCUT2D eigenvalue weighted by Crippen LogP contribution is 2.20. The van der Waals surface area contributed by atoms with E-state index in [1.807, 2.05) is 19.3 Å². The summed E-state index contributed by atoms with van der Waals surface area (Å²) in [6, 6.07) is 10.7. The lowest BCUT2D eigenvalue weighted by Gasteiger charge is -2.06. The molecule has 2 rings (SSSR count). The number of nitrogens with one attached hydrogen (secondary N) is 1. The molecule has 0 unspecified atom stereocenters. The average Bonchev–Trinajstić information content (AvgIpc) is 2.33. The van der Waals surface area contributed by atoms with E-state index in [9.17, 15) is 0 Å². The predicted octanol–water partition coefficient (Wildman–Crippen LogP) is 3.08. The molecule has 17 heavy (non-hydrogen) atoms. The molecule has 0 bridgehead atoms. The molecule has 0 atom stereocenters. The van der Waals surface area contributed by atoms with Gasteiger partial charge in [-0.25, -0.2) is 0 Å². The first-order valence-electron chi connectivity index (χ1n) is 5.88. The van der Waals surface area contributed by atoms with Gasteiger partial charge in [-0.3, -0.25) is 4.98 Å². The molecule has 2 heteroatoms. The number of aromatic nitrogens is 1. The van der Waals surface area contributed by atoms with Crippen molar-refractivity contribution in [2.75, 3.05) is 7.05 Å². The number of nitrogens with zero attached hydrogens (tertiary/aromatic N) is 1. The monoisotopic (exact) mass is 226 g/mol. The fourth-order valence-electron chi connectivity index (χ4n) is 1.85. The van der Waals surface area contributed by atoms with Crippen LogP contribution >= 0.6 is 0 Å². The lowest BCUT2D eigenvalue weighted by atomic mass is 10.0. The second-order valence-electron chi connectivity index (χ2n) is 4.38. The van der Waals surface area contributed by atoms with Crippen LogP contribution in [0.4, 0.5) is 0 Å². The zero-order chi connectivity index (χ0) is 12.3. The predicted molar refractivity (Wildman–Crippen MR) is 71.9 cm³/mol. The molecule has 0 saturated carbocycles. The van der Waals surface area contributed by atoms with Crippen molar-refractivity contribution < 1.29 is 0 Å². The fraction of sp³-hybridized carbons (Fsp3) is 0.267. The van der Waals surface area contributed by atoms with Crippen molar-refractivity contribution in [1.82, 2.24) is 10.3 Å². The lowest BCUT2D eigenvalue weighted by Crippen LogP contribution is -2.05. The van der Waals surface area contributed by atoms with Crippen molar-refractivity contribution >= 4 is 0 Å². The Kier molecular flexibility index (Phi) is 3.55. The normalized spacial score (nSPS) is 10.5. The Morgan fingerprint density at radius 2 is 1.88 bits per heavy atom. The maximum absolute atomic E-state index is 4.43. The average molecular weight is 226 g/mol. The van der Waals surface area contributed by atoms with E-state index < -0.39 is 0 Å². The van der Waals surface area contributed by atoms with Crippen LogP contribution in [-0.4, -0.2) is 12.0 Å². The van der Waals surface area contributed by atoms with Gasteiger partial charge in [-0.15, -0.1) is 0 Å². The summed E-state index contributed by atoms with van der Waals surface area (Å²) >= 11 is 0. The van der Waals surface area contributed by atoms with Gasteiger partial charge in [0.2, 0.25) is 0 Å². The molecule has 0 spiro atoms. The van der Waals surface area contributed by atoms with Crippen LogP contribution in [-0.2, 0) is 6.54 Å². The first-order valence-corrected chi connectivity index (χ1v) is 5.88. The first kappa shape index (κ1) is 11.8. The topological polar surface area (TPSA) is 24.9 Å². The quantitative estimate of drug-likeness (QED) is 0.870. The minimum atomic E-state index is 0.875. The van der Waals surface area contributed by atoms with Crippen molar-refractivity contribution in [2.24, 2.45) is 0 Å². The Morgan fingerprint density at radius 1 is 1.06 bits per heavy atom. The van der Waals surface area contributed by atoms with Crippen LogP contribution in [0.3, 0.4) is 0 Å². The summed E-state index contributed by atoms with van der Waals surface area (Å²) < 4.78 is 0. The number of pyridine rings is 1. The first-order chi connectivity index (χ1) is 8.20. The third kappa shape index (κ3) is 2.71. The molecule has 0 fully saturated rings. The minimum Gasteiger partial charge on any atom is -0.316 e. The van der Waals surface area contributed by atoms with Crippen molar-refractivity contribution in [1.29, 1.82) is 0 Å². The van der Waals surface area contributed by atoms with E-state index in [0.29, 0.717) is 0 Å². The van der Waals surface area contributed by atoms with Crippen LogP contribution in [0.2, 0.25) is 0 Å². The van der Waals surface area contributed by atoms with Gasteiger partial charge in [0.05, 0.1) is 5.69 Å². The summed E-state index contributed by atoms with van der Waals surface area (Å²) in [4.78, 5) is 4.43. The lowest BCUT2D eigenvalue weighted by molar-refractivity contribution is 0.816. The highest BCUT2D eigenvalue weighted by Gasteiger charge is 2.02. The Labute approximate surface area is 103 Å². The summed E-state index contributed by atoms with van der Waals surface area (Å²) in [5.74, 6) is 0. The van der Waals surface area contributed by atoms with E-state index >= 15 is 0 Å². The summed E-state index contributed by atoms with van der Waals surface area (Å²) in [7, 11) is 1.95. The molecule has 2 aromatic rings. The van der Waals surface area contributed by atoms with Crippen molar-refractivity contribution in [3.05, 3.63) is 53.2 Å². The number of hydrogen-bond donors (Lipinski definition) is 1. The molecule has 0 radical (unpaired) electrons. The zero-order valence-corrected chi connectivity index (χ0v) is 10.6. The Morgan fingerprint density at radius 3 is 2.59 bits per heavy atom. The van der Waals surface area contributed by atoms with E-state index in [4.69, 9.17) is 0 Å². The summed E-state index contributed by atoms with van der Waals surface area (Å²) in [5.41, 5.74) is 6.12. The van der Waals surface area contributed by atoms with Gasteiger partial charge in [-0.05, 0) is 55.8 Å². The number of benzene rings is 1. The summed E-state index contributed by atoms with van der Waals surface area (Å²) in [6.45, 7) is 5.14. The van der Waals surface area contributed by atoms with E-state index in [-0.39, 0.29) is 0 Å². The van der Waals surface area contributed by atoms with E-state index in [1.54, 1.807) is 0 Å². The third-order valence-electron chi connectivity index (χ3n) is 3.01. The van der Waals surface area contributed by atoms with E-state index in [1.165, 1.54) is 22.3 Å². The van der Waals surface area contributed by atoms with Crippen LogP contribution in [0, 0.1) is 13.8 Å². The van der Waals surface area contributed by atoms with Gasteiger partial charge in [0.25, 0.3) is 0 Å². The Bertz CT molecular complexity index is 518. The summed E-state index contributed by atoms with van der Waals surface area (Å²) in [5, 5.41) is 3.16. The number of rotatable bonds is 3. The van der Waals surface area contributed by atoms with Crippen molar-refractivity contribution in [3.63, 3.8) is 0 Å². The Hall–Kier alpha value is -1.67. The van der Waals surface area contributed by atoms with Crippen LogP contribution in [0.5, 0.6) is 0 Å². The number of hydrogen-bond acceptors (Lipinski definition) is 2. The van der Waals surface area contributed by atoms with Crippen LogP contribution < -0.4 is 5.32 Å². The van der Waals surface area contributed by atoms with Crippen molar-refractivity contribution in [2.45, 2.75) is 20.4 Å². The summed E-state index contributed by atoms with van der Waals surface area (Å²) in [6.07, 6.45) is 1.87. The SMILES string of the molecule is CNCc1ccnc(-c2ccc(C)c(C)c2)c1. The van der Waals surface area contributed by atoms with Crippen molar-refractivity contribution in [3.8, 4) is 11.3 Å². The maximum Gasteiger partial charge on any atom is 0.0705 e. The van der Waals surface area contributed by atoms with Gasteiger partial charge >= 0.3 is 0 Å². The molecule has 0 saturated heterocycles. The Balaban J connectivity index is 2.38. The molecule has 1 N–H and O–H groups in total. The zero-order valence-electron chi connectivity index (χ0n) is 10.6. The molecule has 1 heterocycles. The highest BCUT2D eigenvalue weighted by atomic mass is 14.8. The van der Waals surface area contributed by atoms with Gasteiger partial charge in [-0.2, -0.15) is 0 Å². The molecule has 0 aliphatic heterocycles. The standard InChI is InChI=1S/C15H18N2/c1-11-4-5-14(8-12(11)2)15-9-13(10-16-3)6-7-17-15/h4-9,16H,10H2,1-3H3. The van der Waals surface area contributed by atoms with E-state index in [2.05, 4.69) is 48.4 Å². The molecule has 0 amide bonds. The second kappa shape index (κ2) is 5.11. The van der Waals surface area contributed by atoms with Crippen LogP contribution in [0.1, 0.15) is 16.7 Å². The number of aryl methyl sites for hydroxylation is 2. The molecule has 2 nitrogen and oxygen atoms in total. The molecule has 88 valence electrons. The maximum atomic E-state index is 4.43. The second-order valence-corrected chi connectivity index (χ2v) is 4.38. The van der Waals surface area contributed by atoms with Gasteiger partial charge in [0.15, 0.2) is 0 Å². The molecule has 0 aliphatic rings. The fourth-order valence-corrected chi connectivity index (χ4v) is 1.85. The van der Waals surface area contributed by atoms with Crippen LogP contribution in [0.15, 0.2) is 36.5 Å². The van der Waals surface area contributed by atoms with Gasteiger partial charge in [-0.1, -0.05) is 12.1 Å². The van der Waals surface area contributed by atoms with Gasteiger partial charge in [0.1, 0.15) is 0 Å². The van der Waals surface area contributed by atoms with Gasteiger partial charge < -0.3 is 5.32 Å². The molecular weight excluding hydrogens is 208 g/mol.